The Kier molecular flexibility index (Phi) is 8.88. The van der Waals surface area contributed by atoms with Gasteiger partial charge in [0.15, 0.2) is 11.4 Å². The number of hydrogen-bond donors (Lipinski definition) is 3. The van der Waals surface area contributed by atoms with Crippen LogP contribution in [0.5, 0.6) is 0 Å². The highest BCUT2D eigenvalue weighted by molar-refractivity contribution is 6.34. The SMILES string of the molecule is Cc1ccccc1C1=CC=CC(Nc2nccc3cc(CN4CC[C@H](O)C4)cnc23)(c2nc3cc(CN4CC[C@H](C(=O)O)C4)cc(Cl)c3o2)C1C. The molecular weight excluding hydrogens is 664 g/mol. The van der Waals surface area contributed by atoms with Crippen molar-refractivity contribution >= 4 is 51.0 Å². The number of aromatic nitrogens is 3. The van der Waals surface area contributed by atoms with Crippen molar-refractivity contribution in [3.05, 3.63) is 112 Å². The van der Waals surface area contributed by atoms with Crippen molar-refractivity contribution in [3.63, 3.8) is 0 Å². The Hall–Kier alpha value is -4.61. The van der Waals surface area contributed by atoms with E-state index < -0.39 is 11.5 Å². The van der Waals surface area contributed by atoms with Gasteiger partial charge in [0.1, 0.15) is 16.6 Å². The summed E-state index contributed by atoms with van der Waals surface area (Å²) < 4.78 is 6.64. The average Bonchev–Trinajstić information content (AvgIpc) is 3.87. The minimum atomic E-state index is -0.966. The van der Waals surface area contributed by atoms with Gasteiger partial charge in [0, 0.05) is 56.4 Å². The Morgan fingerprint density at radius 3 is 2.65 bits per heavy atom. The van der Waals surface area contributed by atoms with Gasteiger partial charge in [0.2, 0.25) is 5.89 Å². The van der Waals surface area contributed by atoms with Gasteiger partial charge in [0.25, 0.3) is 0 Å². The van der Waals surface area contributed by atoms with Crippen LogP contribution in [0.3, 0.4) is 0 Å². The molecule has 2 aromatic carbocycles. The smallest absolute Gasteiger partial charge is 0.307 e. The molecule has 11 heteroatoms. The number of oxazole rings is 1. The van der Waals surface area contributed by atoms with Gasteiger partial charge in [-0.2, -0.15) is 0 Å². The maximum atomic E-state index is 11.6. The molecule has 3 N–H and O–H groups in total. The molecule has 10 nitrogen and oxygen atoms in total. The number of fused-ring (bicyclic) bond motifs is 2. The number of benzene rings is 2. The van der Waals surface area contributed by atoms with Gasteiger partial charge < -0.3 is 19.9 Å². The first-order valence-electron chi connectivity index (χ1n) is 17.6. The number of aliphatic hydroxyl groups is 1. The predicted octanol–water partition coefficient (Wildman–Crippen LogP) is 6.80. The number of β-amino-alcohol motifs (C(OH)–C–C–N with tert-alkyl or cyclic N) is 1. The molecule has 2 unspecified atom stereocenters. The van der Waals surface area contributed by atoms with Crippen LogP contribution in [-0.2, 0) is 23.4 Å². The van der Waals surface area contributed by atoms with Crippen LogP contribution >= 0.6 is 11.6 Å². The lowest BCUT2D eigenvalue weighted by atomic mass is 9.73. The Balaban J connectivity index is 1.18. The van der Waals surface area contributed by atoms with Crippen LogP contribution in [0.25, 0.3) is 27.6 Å². The summed E-state index contributed by atoms with van der Waals surface area (Å²) in [5.74, 6) is -0.209. The number of aryl methyl sites for hydroxylation is 1. The number of allylic oxidation sites excluding steroid dienone is 2. The van der Waals surface area contributed by atoms with Crippen molar-refractivity contribution in [1.82, 2.24) is 24.8 Å². The van der Waals surface area contributed by atoms with E-state index in [4.69, 9.17) is 31.0 Å². The second kappa shape index (κ2) is 13.5. The number of nitrogens with zero attached hydrogens (tertiary/aromatic N) is 5. The van der Waals surface area contributed by atoms with Crippen LogP contribution in [0.2, 0.25) is 5.02 Å². The lowest BCUT2D eigenvalue weighted by molar-refractivity contribution is -0.141. The molecule has 2 aliphatic heterocycles. The zero-order valence-electron chi connectivity index (χ0n) is 28.7. The molecule has 3 aromatic heterocycles. The highest BCUT2D eigenvalue weighted by atomic mass is 35.5. The molecule has 0 saturated carbocycles. The highest BCUT2D eigenvalue weighted by Crippen LogP contribution is 2.46. The van der Waals surface area contributed by atoms with Gasteiger partial charge >= 0.3 is 5.97 Å². The fraction of sp³-hybridized carbons (Fsp3) is 0.350. The molecule has 3 aliphatic rings. The average molecular weight is 705 g/mol. The van der Waals surface area contributed by atoms with E-state index in [2.05, 4.69) is 65.4 Å². The third-order valence-electron chi connectivity index (χ3n) is 10.8. The Bertz CT molecular complexity index is 2200. The molecule has 5 aromatic rings. The Morgan fingerprint density at radius 1 is 1.06 bits per heavy atom. The van der Waals surface area contributed by atoms with E-state index in [1.165, 1.54) is 5.56 Å². The molecule has 2 saturated heterocycles. The molecule has 0 spiro atoms. The molecule has 1 aliphatic carbocycles. The van der Waals surface area contributed by atoms with Crippen LogP contribution in [0.15, 0.2) is 83.6 Å². The van der Waals surface area contributed by atoms with Crippen LogP contribution < -0.4 is 5.32 Å². The van der Waals surface area contributed by atoms with Crippen molar-refractivity contribution in [1.29, 1.82) is 0 Å². The quantitative estimate of drug-likeness (QED) is 0.151. The first kappa shape index (κ1) is 33.5. The van der Waals surface area contributed by atoms with Crippen LogP contribution in [0.4, 0.5) is 5.82 Å². The maximum absolute atomic E-state index is 11.6. The largest absolute Gasteiger partial charge is 0.481 e. The Morgan fingerprint density at radius 2 is 1.86 bits per heavy atom. The lowest BCUT2D eigenvalue weighted by Crippen LogP contribution is -2.42. The zero-order chi connectivity index (χ0) is 35.3. The van der Waals surface area contributed by atoms with E-state index in [-0.39, 0.29) is 17.9 Å². The fourth-order valence-electron chi connectivity index (χ4n) is 7.96. The third-order valence-corrected chi connectivity index (χ3v) is 11.0. The summed E-state index contributed by atoms with van der Waals surface area (Å²) in [6.45, 7) is 8.35. The van der Waals surface area contributed by atoms with Crippen molar-refractivity contribution in [2.45, 2.75) is 51.4 Å². The fourth-order valence-corrected chi connectivity index (χ4v) is 8.24. The third kappa shape index (κ3) is 6.42. The molecule has 8 rings (SSSR count). The molecule has 262 valence electrons. The van der Waals surface area contributed by atoms with E-state index in [0.717, 1.165) is 59.2 Å². The predicted molar refractivity (Wildman–Crippen MR) is 198 cm³/mol. The number of anilines is 1. The standard InChI is InChI=1S/C40H41ClN6O4/c1-24-6-3-4-7-31(24)32-8-5-12-40(25(32)2,45-37-35-28(9-13-42-37)16-27(19-43-35)21-47-15-11-30(48)23-47)39-44-34-18-26(17-33(41)36(34)51-39)20-46-14-10-29(22-46)38(49)50/h3-9,12-13,16-19,25,29-30,48H,10-11,14-15,20-23H2,1-2H3,(H,42,45)(H,49,50)/t25?,29-,30-,40?/m0/s1. The minimum absolute atomic E-state index is 0.162. The number of carboxylic acid groups (broad SMARTS) is 1. The van der Waals surface area contributed by atoms with Crippen LogP contribution in [0.1, 0.15) is 47.9 Å². The number of aliphatic hydroxyl groups excluding tert-OH is 1. The first-order valence-corrected chi connectivity index (χ1v) is 18.0. The normalized spacial score (nSPS) is 24.1. The number of carbonyl (C=O) groups is 1. The van der Waals surface area contributed by atoms with Crippen molar-refractivity contribution in [2.24, 2.45) is 11.8 Å². The number of carboxylic acids is 1. The van der Waals surface area contributed by atoms with Crippen molar-refractivity contribution < 1.29 is 19.4 Å². The molecule has 2 fully saturated rings. The molecule has 0 radical (unpaired) electrons. The number of likely N-dealkylation sites (tertiary alicyclic amines) is 2. The van der Waals surface area contributed by atoms with Gasteiger partial charge in [-0.15, -0.1) is 0 Å². The van der Waals surface area contributed by atoms with E-state index in [1.54, 1.807) is 6.20 Å². The molecule has 0 amide bonds. The molecule has 51 heavy (non-hydrogen) atoms. The summed E-state index contributed by atoms with van der Waals surface area (Å²) in [4.78, 5) is 30.8. The van der Waals surface area contributed by atoms with E-state index in [9.17, 15) is 15.0 Å². The minimum Gasteiger partial charge on any atom is -0.481 e. The summed E-state index contributed by atoms with van der Waals surface area (Å²) >= 11 is 6.89. The number of rotatable bonds is 9. The second-order valence-electron chi connectivity index (χ2n) is 14.3. The molecule has 5 heterocycles. The van der Waals surface area contributed by atoms with Crippen LogP contribution in [-0.4, -0.2) is 73.2 Å². The number of nitrogens with one attached hydrogen (secondary N) is 1. The van der Waals surface area contributed by atoms with Gasteiger partial charge in [-0.05, 0) is 84.5 Å². The van der Waals surface area contributed by atoms with Gasteiger partial charge in [-0.3, -0.25) is 19.6 Å². The summed E-state index contributed by atoms with van der Waals surface area (Å²) in [7, 11) is 0. The maximum Gasteiger partial charge on any atom is 0.307 e. The monoisotopic (exact) mass is 704 g/mol. The second-order valence-corrected chi connectivity index (χ2v) is 14.7. The van der Waals surface area contributed by atoms with E-state index in [1.807, 2.05) is 36.5 Å². The molecule has 4 atom stereocenters. The number of pyridine rings is 2. The number of halogens is 1. The van der Waals surface area contributed by atoms with Gasteiger partial charge in [0.05, 0.1) is 17.0 Å². The summed E-state index contributed by atoms with van der Waals surface area (Å²) in [6, 6.07) is 16.4. The molecular formula is C40H41ClN6O4. The molecule has 0 bridgehead atoms. The highest BCUT2D eigenvalue weighted by Gasteiger charge is 2.45. The summed E-state index contributed by atoms with van der Waals surface area (Å²) in [6.07, 6.45) is 11.1. The topological polar surface area (TPSA) is 128 Å². The Labute approximate surface area is 301 Å². The first-order chi connectivity index (χ1) is 24.7. The summed E-state index contributed by atoms with van der Waals surface area (Å²) in [5.41, 5.74) is 6.36. The van der Waals surface area contributed by atoms with Crippen molar-refractivity contribution in [2.75, 3.05) is 31.5 Å². The van der Waals surface area contributed by atoms with Gasteiger partial charge in [-0.1, -0.05) is 54.9 Å². The van der Waals surface area contributed by atoms with Crippen LogP contribution in [0, 0.1) is 18.8 Å². The summed E-state index contributed by atoms with van der Waals surface area (Å²) in [5, 5.41) is 24.7. The zero-order valence-corrected chi connectivity index (χ0v) is 29.5. The van der Waals surface area contributed by atoms with E-state index in [0.29, 0.717) is 53.9 Å². The van der Waals surface area contributed by atoms with Crippen molar-refractivity contribution in [3.8, 4) is 0 Å². The lowest BCUT2D eigenvalue weighted by Gasteiger charge is -2.39. The van der Waals surface area contributed by atoms with E-state index >= 15 is 0 Å². The number of hydrogen-bond acceptors (Lipinski definition) is 9. The van der Waals surface area contributed by atoms with Gasteiger partial charge in [-0.25, -0.2) is 9.97 Å². The number of aliphatic carboxylic acids is 1.